The topological polar surface area (TPSA) is 55.1 Å². The first kappa shape index (κ1) is 15.5. The molecular weight excluding hydrogens is 257 g/mol. The Morgan fingerprint density at radius 1 is 1.42 bits per heavy atom. The molecule has 0 aliphatic carbocycles. The first-order valence-corrected chi connectivity index (χ1v) is 6.04. The van der Waals surface area contributed by atoms with Crippen LogP contribution in [0, 0.1) is 0 Å². The molecule has 0 saturated carbocycles. The maximum Gasteiger partial charge on any atom is 0.416 e. The molecule has 3 nitrogen and oxygen atoms in total. The van der Waals surface area contributed by atoms with Gasteiger partial charge in [-0.05, 0) is 24.5 Å². The summed E-state index contributed by atoms with van der Waals surface area (Å²) in [5.41, 5.74) is 5.32. The lowest BCUT2D eigenvalue weighted by Crippen LogP contribution is -2.42. The summed E-state index contributed by atoms with van der Waals surface area (Å²) in [6.45, 7) is 2.41. The third-order valence-electron chi connectivity index (χ3n) is 2.60. The molecule has 1 aromatic rings. The highest BCUT2D eigenvalue weighted by Crippen LogP contribution is 2.29. The summed E-state index contributed by atoms with van der Waals surface area (Å²) in [6, 6.07) is 4.02. The summed E-state index contributed by atoms with van der Waals surface area (Å²) in [5, 5.41) is 2.61. The van der Waals surface area contributed by atoms with Crippen molar-refractivity contribution in [2.75, 3.05) is 6.54 Å². The molecule has 0 fully saturated rings. The van der Waals surface area contributed by atoms with E-state index in [1.807, 2.05) is 6.92 Å². The quantitative estimate of drug-likeness (QED) is 0.864. The summed E-state index contributed by atoms with van der Waals surface area (Å²) >= 11 is 0. The Labute approximate surface area is 110 Å². The minimum absolute atomic E-state index is 0.0828. The van der Waals surface area contributed by atoms with Gasteiger partial charge in [-0.25, -0.2) is 0 Å². The number of hydrogen-bond donors (Lipinski definition) is 2. The molecule has 1 rings (SSSR count). The fourth-order valence-corrected chi connectivity index (χ4v) is 1.60. The van der Waals surface area contributed by atoms with E-state index in [-0.39, 0.29) is 12.3 Å². The Hall–Kier alpha value is -1.56. The number of halogens is 3. The van der Waals surface area contributed by atoms with Crippen LogP contribution in [0.4, 0.5) is 13.2 Å². The summed E-state index contributed by atoms with van der Waals surface area (Å²) in [5.74, 6) is -0.348. The van der Waals surface area contributed by atoms with Crippen LogP contribution in [0.3, 0.4) is 0 Å². The van der Waals surface area contributed by atoms with Gasteiger partial charge in [0.2, 0.25) is 5.91 Å². The maximum absolute atomic E-state index is 12.5. The number of rotatable bonds is 5. The lowest BCUT2D eigenvalue weighted by molar-refractivity contribution is -0.137. The summed E-state index contributed by atoms with van der Waals surface area (Å²) in [7, 11) is 0. The summed E-state index contributed by atoms with van der Waals surface area (Å²) in [6.07, 6.45) is -3.52. The highest BCUT2D eigenvalue weighted by molar-refractivity contribution is 5.81. The zero-order valence-corrected chi connectivity index (χ0v) is 10.6. The molecular formula is C13H17F3N2O. The molecule has 0 aromatic heterocycles. The van der Waals surface area contributed by atoms with Crippen molar-refractivity contribution < 1.29 is 18.0 Å². The molecule has 106 valence electrons. The van der Waals surface area contributed by atoms with Gasteiger partial charge < -0.3 is 11.1 Å². The minimum Gasteiger partial charge on any atom is -0.355 e. The molecule has 0 unspecified atom stereocenters. The molecule has 0 radical (unpaired) electrons. The van der Waals surface area contributed by atoms with Crippen LogP contribution in [0.15, 0.2) is 24.3 Å². The van der Waals surface area contributed by atoms with E-state index in [4.69, 9.17) is 5.73 Å². The van der Waals surface area contributed by atoms with E-state index in [9.17, 15) is 18.0 Å². The predicted molar refractivity (Wildman–Crippen MR) is 66.4 cm³/mol. The Bertz CT molecular complexity index is 432. The van der Waals surface area contributed by atoms with Crippen molar-refractivity contribution in [2.45, 2.75) is 32.0 Å². The van der Waals surface area contributed by atoms with E-state index in [2.05, 4.69) is 5.32 Å². The van der Waals surface area contributed by atoms with E-state index >= 15 is 0 Å². The van der Waals surface area contributed by atoms with Crippen LogP contribution in [0.25, 0.3) is 0 Å². The highest BCUT2D eigenvalue weighted by Gasteiger charge is 2.30. The molecule has 19 heavy (non-hydrogen) atoms. The average Bonchev–Trinajstić information content (AvgIpc) is 2.35. The van der Waals surface area contributed by atoms with Crippen LogP contribution in [-0.4, -0.2) is 18.5 Å². The fraction of sp³-hybridized carbons (Fsp3) is 0.462. The van der Waals surface area contributed by atoms with Crippen LogP contribution in [0.2, 0.25) is 0 Å². The second kappa shape index (κ2) is 6.56. The zero-order valence-electron chi connectivity index (χ0n) is 10.6. The average molecular weight is 274 g/mol. The molecule has 0 bridgehead atoms. The van der Waals surface area contributed by atoms with E-state index in [1.54, 1.807) is 0 Å². The van der Waals surface area contributed by atoms with Crippen LogP contribution in [-0.2, 0) is 17.4 Å². The Morgan fingerprint density at radius 3 is 2.68 bits per heavy atom. The van der Waals surface area contributed by atoms with Gasteiger partial charge in [-0.15, -0.1) is 0 Å². The third kappa shape index (κ3) is 4.90. The smallest absolute Gasteiger partial charge is 0.355 e. The van der Waals surface area contributed by atoms with Gasteiger partial charge in [-0.2, -0.15) is 13.2 Å². The SMILES string of the molecule is CCCNC(=O)[C@H](N)Cc1cccc(C(F)(F)F)c1. The van der Waals surface area contributed by atoms with Crippen molar-refractivity contribution in [1.29, 1.82) is 0 Å². The molecule has 0 aliphatic heterocycles. The second-order valence-electron chi connectivity index (χ2n) is 4.30. The normalized spacial score (nSPS) is 13.1. The van der Waals surface area contributed by atoms with Crippen LogP contribution >= 0.6 is 0 Å². The Balaban J connectivity index is 2.69. The maximum atomic E-state index is 12.5. The number of alkyl halides is 3. The number of carbonyl (C=O) groups excluding carboxylic acids is 1. The first-order chi connectivity index (χ1) is 8.84. The van der Waals surface area contributed by atoms with Crippen LogP contribution < -0.4 is 11.1 Å². The summed E-state index contributed by atoms with van der Waals surface area (Å²) in [4.78, 5) is 11.5. The fourth-order valence-electron chi connectivity index (χ4n) is 1.60. The number of hydrogen-bond acceptors (Lipinski definition) is 2. The Kier molecular flexibility index (Phi) is 5.35. The first-order valence-electron chi connectivity index (χ1n) is 6.04. The van der Waals surface area contributed by atoms with Crippen molar-refractivity contribution >= 4 is 5.91 Å². The molecule has 0 aliphatic rings. The van der Waals surface area contributed by atoms with Crippen LogP contribution in [0.5, 0.6) is 0 Å². The van der Waals surface area contributed by atoms with Crippen LogP contribution in [0.1, 0.15) is 24.5 Å². The summed E-state index contributed by atoms with van der Waals surface area (Å²) < 4.78 is 37.6. The third-order valence-corrected chi connectivity index (χ3v) is 2.60. The van der Waals surface area contributed by atoms with Gasteiger partial charge in [0.05, 0.1) is 11.6 Å². The number of benzene rings is 1. The minimum atomic E-state index is -4.38. The van der Waals surface area contributed by atoms with Crippen molar-refractivity contribution in [3.05, 3.63) is 35.4 Å². The molecule has 6 heteroatoms. The number of nitrogens with two attached hydrogens (primary N) is 1. The molecule has 0 spiro atoms. The monoisotopic (exact) mass is 274 g/mol. The van der Waals surface area contributed by atoms with Gasteiger partial charge in [-0.3, -0.25) is 4.79 Å². The van der Waals surface area contributed by atoms with E-state index in [0.717, 1.165) is 18.6 Å². The lowest BCUT2D eigenvalue weighted by Gasteiger charge is -2.13. The predicted octanol–water partition coefficient (Wildman–Crippen LogP) is 2.10. The van der Waals surface area contributed by atoms with Gasteiger partial charge in [0.15, 0.2) is 0 Å². The Morgan fingerprint density at radius 2 is 2.11 bits per heavy atom. The standard InChI is InChI=1S/C13H17F3N2O/c1-2-6-18-12(19)11(17)8-9-4-3-5-10(7-9)13(14,15)16/h3-5,7,11H,2,6,8,17H2,1H3,(H,18,19)/t11-/m1/s1. The van der Waals surface area contributed by atoms with Gasteiger partial charge >= 0.3 is 6.18 Å². The van der Waals surface area contributed by atoms with Gasteiger partial charge in [0.25, 0.3) is 0 Å². The van der Waals surface area contributed by atoms with Crippen molar-refractivity contribution in [1.82, 2.24) is 5.32 Å². The molecule has 0 saturated heterocycles. The molecule has 1 aromatic carbocycles. The van der Waals surface area contributed by atoms with Gasteiger partial charge in [-0.1, -0.05) is 25.1 Å². The number of nitrogens with one attached hydrogen (secondary N) is 1. The van der Waals surface area contributed by atoms with Crippen molar-refractivity contribution in [2.24, 2.45) is 5.73 Å². The van der Waals surface area contributed by atoms with E-state index < -0.39 is 17.8 Å². The van der Waals surface area contributed by atoms with Crippen molar-refractivity contribution in [3.8, 4) is 0 Å². The van der Waals surface area contributed by atoms with Crippen molar-refractivity contribution in [3.63, 3.8) is 0 Å². The number of carbonyl (C=O) groups is 1. The van der Waals surface area contributed by atoms with Gasteiger partial charge in [0, 0.05) is 6.54 Å². The molecule has 1 amide bonds. The highest BCUT2D eigenvalue weighted by atomic mass is 19.4. The van der Waals surface area contributed by atoms with E-state index in [0.29, 0.717) is 12.1 Å². The molecule has 0 heterocycles. The molecule has 1 atom stereocenters. The van der Waals surface area contributed by atoms with Gasteiger partial charge in [0.1, 0.15) is 0 Å². The second-order valence-corrected chi connectivity index (χ2v) is 4.30. The number of amides is 1. The molecule has 3 N–H and O–H groups in total. The largest absolute Gasteiger partial charge is 0.416 e. The zero-order chi connectivity index (χ0) is 14.5. The lowest BCUT2D eigenvalue weighted by atomic mass is 10.0. The van der Waals surface area contributed by atoms with E-state index in [1.165, 1.54) is 12.1 Å².